The highest BCUT2D eigenvalue weighted by molar-refractivity contribution is 7.13. The molecule has 2 N–H and O–H groups in total. The molecule has 43 heavy (non-hydrogen) atoms. The fourth-order valence-electron chi connectivity index (χ4n) is 5.23. The number of aliphatic hydroxyl groups is 1. The molecule has 1 aliphatic heterocycles. The van der Waals surface area contributed by atoms with E-state index in [9.17, 15) is 14.7 Å². The second kappa shape index (κ2) is 15.4. The average Bonchev–Trinajstić information content (AvgIpc) is 3.72. The molecule has 4 rings (SSSR count). The lowest BCUT2D eigenvalue weighted by Crippen LogP contribution is -2.48. The van der Waals surface area contributed by atoms with E-state index in [1.165, 1.54) is 4.90 Å². The molecule has 1 fully saturated rings. The number of hydrogen-bond donors (Lipinski definition) is 2. The first kappa shape index (κ1) is 32.6. The molecule has 2 aromatic heterocycles. The van der Waals surface area contributed by atoms with Gasteiger partial charge in [0.05, 0.1) is 22.2 Å². The minimum atomic E-state index is -0.794. The van der Waals surface area contributed by atoms with Crippen LogP contribution in [0, 0.1) is 12.8 Å². The molecule has 2 amide bonds. The first-order chi connectivity index (χ1) is 20.7. The Kier molecular flexibility index (Phi) is 11.7. The van der Waals surface area contributed by atoms with Crippen LogP contribution in [0.2, 0.25) is 0 Å². The molecule has 0 saturated carbocycles. The maximum Gasteiger partial charge on any atom is 0.254 e. The van der Waals surface area contributed by atoms with Gasteiger partial charge in [0, 0.05) is 38.8 Å². The molecule has 1 saturated heterocycles. The number of carbonyl (C=O) groups is 2. The van der Waals surface area contributed by atoms with Gasteiger partial charge in [-0.1, -0.05) is 38.1 Å². The smallest absolute Gasteiger partial charge is 0.254 e. The molecule has 3 atom stereocenters. The lowest BCUT2D eigenvalue weighted by atomic mass is 9.91. The van der Waals surface area contributed by atoms with Crippen LogP contribution in [0.3, 0.4) is 0 Å². The standard InChI is InChI=1S/C31H42N4O7S/c1-6-39-27(40-7-2)17-41-26-15-25(42-34-26)28(19(3)4)31(38)35-16-23(36)14-24(35)30(37)32-13-12-21-8-10-22(11-9-21)29-20(5)33-18-43-29/h8-11,15,18-19,23-24,27-28,36H,6-7,12-14,16-17H2,1-5H3,(H,32,37)/t23-,24-,28-/m0/s1. The van der Waals surface area contributed by atoms with Gasteiger partial charge in [0.15, 0.2) is 12.1 Å². The number of aromatic nitrogens is 2. The molecule has 0 spiro atoms. The predicted molar refractivity (Wildman–Crippen MR) is 162 cm³/mol. The maximum atomic E-state index is 13.8. The van der Waals surface area contributed by atoms with E-state index >= 15 is 0 Å². The fraction of sp³-hybridized carbons (Fsp3) is 0.548. The summed E-state index contributed by atoms with van der Waals surface area (Å²) < 4.78 is 22.2. The molecule has 0 bridgehead atoms. The molecule has 3 heterocycles. The van der Waals surface area contributed by atoms with E-state index in [4.69, 9.17) is 18.7 Å². The summed E-state index contributed by atoms with van der Waals surface area (Å²) in [5.41, 5.74) is 5.05. The molecule has 11 nitrogen and oxygen atoms in total. The molecule has 1 aromatic carbocycles. The number of benzene rings is 1. The number of β-amino-alcohol motifs (C(OH)–C–C–N with tert-alkyl or cyclic N) is 1. The highest BCUT2D eigenvalue weighted by atomic mass is 32.1. The number of nitrogens with zero attached hydrogens (tertiary/aromatic N) is 3. The third kappa shape index (κ3) is 8.41. The topological polar surface area (TPSA) is 136 Å². The molecule has 12 heteroatoms. The Bertz CT molecular complexity index is 1320. The van der Waals surface area contributed by atoms with Crippen LogP contribution in [0.4, 0.5) is 0 Å². The summed E-state index contributed by atoms with van der Waals surface area (Å²) in [6.07, 6.45) is -0.528. The highest BCUT2D eigenvalue weighted by Gasteiger charge is 2.43. The lowest BCUT2D eigenvalue weighted by Gasteiger charge is -2.28. The van der Waals surface area contributed by atoms with Crippen LogP contribution >= 0.6 is 11.3 Å². The van der Waals surface area contributed by atoms with Crippen LogP contribution in [0.25, 0.3) is 10.4 Å². The van der Waals surface area contributed by atoms with Crippen molar-refractivity contribution in [1.29, 1.82) is 0 Å². The van der Waals surface area contributed by atoms with Crippen molar-refractivity contribution in [3.8, 4) is 16.3 Å². The molecule has 0 unspecified atom stereocenters. The van der Waals surface area contributed by atoms with Crippen LogP contribution in [0.15, 0.2) is 40.4 Å². The van der Waals surface area contributed by atoms with Gasteiger partial charge in [0.25, 0.3) is 5.88 Å². The third-order valence-electron chi connectivity index (χ3n) is 7.36. The van der Waals surface area contributed by atoms with Crippen molar-refractivity contribution < 1.29 is 33.4 Å². The molecule has 234 valence electrons. The number of rotatable bonds is 15. The van der Waals surface area contributed by atoms with Gasteiger partial charge >= 0.3 is 0 Å². The van der Waals surface area contributed by atoms with E-state index in [1.807, 2.05) is 52.3 Å². The summed E-state index contributed by atoms with van der Waals surface area (Å²) in [6.45, 7) is 11.1. The molecular weight excluding hydrogens is 572 g/mol. The monoisotopic (exact) mass is 614 g/mol. The van der Waals surface area contributed by atoms with Gasteiger partial charge in [0.2, 0.25) is 11.8 Å². The first-order valence-corrected chi connectivity index (χ1v) is 15.7. The van der Waals surface area contributed by atoms with Crippen LogP contribution in [0.5, 0.6) is 5.88 Å². The van der Waals surface area contributed by atoms with Crippen molar-refractivity contribution in [1.82, 2.24) is 20.4 Å². The van der Waals surface area contributed by atoms with E-state index < -0.39 is 24.4 Å². The number of hydrogen-bond acceptors (Lipinski definition) is 10. The van der Waals surface area contributed by atoms with Gasteiger partial charge in [-0.2, -0.15) is 0 Å². The van der Waals surface area contributed by atoms with Crippen LogP contribution in [-0.4, -0.2) is 83.3 Å². The Labute approximate surface area is 256 Å². The maximum absolute atomic E-state index is 13.8. The summed E-state index contributed by atoms with van der Waals surface area (Å²) in [4.78, 5) is 34.0. The third-order valence-corrected chi connectivity index (χ3v) is 8.34. The van der Waals surface area contributed by atoms with E-state index in [1.54, 1.807) is 17.4 Å². The molecule has 3 aromatic rings. The second-order valence-corrected chi connectivity index (χ2v) is 11.7. The van der Waals surface area contributed by atoms with Gasteiger partial charge in [-0.05, 0) is 49.4 Å². The van der Waals surface area contributed by atoms with Crippen molar-refractivity contribution in [3.63, 3.8) is 0 Å². The minimum Gasteiger partial charge on any atom is -0.470 e. The van der Waals surface area contributed by atoms with E-state index in [-0.39, 0.29) is 43.2 Å². The highest BCUT2D eigenvalue weighted by Crippen LogP contribution is 2.32. The van der Waals surface area contributed by atoms with Crippen molar-refractivity contribution in [2.75, 3.05) is 32.9 Å². The molecule has 0 aliphatic carbocycles. The summed E-state index contributed by atoms with van der Waals surface area (Å²) >= 11 is 1.61. The molecule has 0 radical (unpaired) electrons. The van der Waals surface area contributed by atoms with Gasteiger partial charge in [0.1, 0.15) is 18.6 Å². The predicted octanol–water partition coefficient (Wildman–Crippen LogP) is 3.94. The summed E-state index contributed by atoms with van der Waals surface area (Å²) in [6, 6.07) is 9.03. The largest absolute Gasteiger partial charge is 0.470 e. The first-order valence-electron chi connectivity index (χ1n) is 14.8. The number of amides is 2. The number of nitrogens with one attached hydrogen (secondary N) is 1. The number of thiazole rings is 1. The fourth-order valence-corrected chi connectivity index (χ4v) is 6.04. The van der Waals surface area contributed by atoms with Gasteiger partial charge in [-0.3, -0.25) is 9.59 Å². The zero-order valence-electron chi connectivity index (χ0n) is 25.4. The number of ether oxygens (including phenoxy) is 3. The molecular formula is C31H42N4O7S. The summed E-state index contributed by atoms with van der Waals surface area (Å²) in [5, 5.41) is 17.4. The number of carbonyl (C=O) groups excluding carboxylic acids is 2. The van der Waals surface area contributed by atoms with E-state index in [0.29, 0.717) is 31.9 Å². The lowest BCUT2D eigenvalue weighted by molar-refractivity contribution is -0.153. The van der Waals surface area contributed by atoms with Crippen LogP contribution < -0.4 is 10.1 Å². The van der Waals surface area contributed by atoms with Gasteiger partial charge in [-0.15, -0.1) is 11.3 Å². The van der Waals surface area contributed by atoms with Crippen molar-refractivity contribution >= 4 is 23.2 Å². The Morgan fingerprint density at radius 2 is 1.91 bits per heavy atom. The Morgan fingerprint density at radius 3 is 2.53 bits per heavy atom. The SMILES string of the molecule is CCOC(COc1cc([C@@H](C(=O)N2C[C@@H](O)C[C@H]2C(=O)NCCc2ccc(-c3scnc3C)cc2)C(C)C)on1)OCC. The van der Waals surface area contributed by atoms with E-state index in [0.717, 1.165) is 21.7 Å². The Morgan fingerprint density at radius 1 is 1.19 bits per heavy atom. The Balaban J connectivity index is 1.35. The second-order valence-electron chi connectivity index (χ2n) is 10.8. The van der Waals surface area contributed by atoms with Gasteiger partial charge < -0.3 is 34.1 Å². The number of likely N-dealkylation sites (tertiary alicyclic amines) is 1. The summed E-state index contributed by atoms with van der Waals surface area (Å²) in [7, 11) is 0. The minimum absolute atomic E-state index is 0.0699. The normalized spacial score (nSPS) is 17.5. The van der Waals surface area contributed by atoms with Crippen LogP contribution in [-0.2, 0) is 25.5 Å². The zero-order chi connectivity index (χ0) is 30.9. The van der Waals surface area contributed by atoms with E-state index in [2.05, 4.69) is 27.6 Å². The van der Waals surface area contributed by atoms with Crippen molar-refractivity contribution in [2.24, 2.45) is 5.92 Å². The van der Waals surface area contributed by atoms with Crippen LogP contribution in [0.1, 0.15) is 57.1 Å². The summed E-state index contributed by atoms with van der Waals surface area (Å²) in [5.74, 6) is -0.916. The zero-order valence-corrected chi connectivity index (χ0v) is 26.3. The Hall–Kier alpha value is -3.32. The van der Waals surface area contributed by atoms with Gasteiger partial charge in [-0.25, -0.2) is 4.98 Å². The number of aryl methyl sites for hydroxylation is 1. The van der Waals surface area contributed by atoms with Crippen molar-refractivity contribution in [2.45, 2.75) is 71.8 Å². The number of aliphatic hydroxyl groups excluding tert-OH is 1. The van der Waals surface area contributed by atoms with Crippen molar-refractivity contribution in [3.05, 3.63) is 52.9 Å². The quantitative estimate of drug-likeness (QED) is 0.244. The molecule has 1 aliphatic rings. The average molecular weight is 615 g/mol.